The number of aryl methyl sites for hydroxylation is 1. The van der Waals surface area contributed by atoms with E-state index in [1.54, 1.807) is 51.4 Å². The second-order valence-electron chi connectivity index (χ2n) is 8.11. The number of carbonyl (C=O) groups is 1. The molecule has 0 unspecified atom stereocenters. The third-order valence-electron chi connectivity index (χ3n) is 4.38. The Bertz CT molecular complexity index is 1260. The quantitative estimate of drug-likeness (QED) is 0.497. The first-order valence-electron chi connectivity index (χ1n) is 10.1. The van der Waals surface area contributed by atoms with Gasteiger partial charge in [0.25, 0.3) is 0 Å². The second-order valence-corrected chi connectivity index (χ2v) is 8.11. The summed E-state index contributed by atoms with van der Waals surface area (Å²) in [5, 5.41) is 2.64. The van der Waals surface area contributed by atoms with Gasteiger partial charge in [-0.25, -0.2) is 19.3 Å². The van der Waals surface area contributed by atoms with E-state index in [9.17, 15) is 4.79 Å². The van der Waals surface area contributed by atoms with E-state index < -0.39 is 11.7 Å². The first-order valence-corrected chi connectivity index (χ1v) is 10.1. The molecule has 1 N–H and O–H groups in total. The molecule has 32 heavy (non-hydrogen) atoms. The maximum atomic E-state index is 12.0. The summed E-state index contributed by atoms with van der Waals surface area (Å²) in [6, 6.07) is 13.4. The first kappa shape index (κ1) is 21.2. The molecule has 1 aromatic carbocycles. The second kappa shape index (κ2) is 8.62. The fourth-order valence-electron chi connectivity index (χ4n) is 3.10. The van der Waals surface area contributed by atoms with E-state index in [1.807, 2.05) is 35.8 Å². The molecule has 0 atom stereocenters. The van der Waals surface area contributed by atoms with E-state index in [0.29, 0.717) is 23.3 Å². The van der Waals surface area contributed by atoms with Crippen LogP contribution in [0.5, 0.6) is 6.01 Å². The third-order valence-corrected chi connectivity index (χ3v) is 4.38. The number of nitrogens with zero attached hydrogens (tertiary/aromatic N) is 5. The summed E-state index contributed by atoms with van der Waals surface area (Å²) in [5.41, 5.74) is 2.41. The molecule has 0 aliphatic carbocycles. The zero-order chi connectivity index (χ0) is 22.7. The largest absolute Gasteiger partial charge is 0.458 e. The third kappa shape index (κ3) is 4.83. The van der Waals surface area contributed by atoms with Crippen molar-refractivity contribution < 1.29 is 14.3 Å². The Morgan fingerprint density at radius 2 is 1.81 bits per heavy atom. The lowest BCUT2D eigenvalue weighted by Gasteiger charge is -2.19. The molecule has 4 aromatic rings. The SMILES string of the molecule is Cc1nccnc1-n1c(OCc2cccc(NC(=O)OC(C)(C)C)n2)nc2ccccc21. The number of hydrogen-bond acceptors (Lipinski definition) is 7. The van der Waals surface area contributed by atoms with Crippen molar-refractivity contribution in [1.82, 2.24) is 24.5 Å². The standard InChI is InChI=1S/C23H24N6O3/c1-15-20(25-13-12-24-15)29-18-10-6-5-9-17(18)27-21(29)31-14-16-8-7-11-19(26-16)28-22(30)32-23(2,3)4/h5-13H,14H2,1-4H3,(H,26,28,30). The Labute approximate surface area is 185 Å². The van der Waals surface area contributed by atoms with Gasteiger partial charge in [0.2, 0.25) is 0 Å². The van der Waals surface area contributed by atoms with Crippen LogP contribution in [0.3, 0.4) is 0 Å². The number of ether oxygens (including phenoxy) is 2. The number of carbonyl (C=O) groups excluding carboxylic acids is 1. The summed E-state index contributed by atoms with van der Waals surface area (Å²) in [5.74, 6) is 1.02. The van der Waals surface area contributed by atoms with E-state index in [-0.39, 0.29) is 6.61 Å². The number of pyridine rings is 1. The fourth-order valence-corrected chi connectivity index (χ4v) is 3.10. The van der Waals surface area contributed by atoms with Gasteiger partial charge in [-0.1, -0.05) is 18.2 Å². The summed E-state index contributed by atoms with van der Waals surface area (Å²) >= 11 is 0. The molecule has 0 spiro atoms. The molecule has 0 saturated heterocycles. The zero-order valence-corrected chi connectivity index (χ0v) is 18.4. The van der Waals surface area contributed by atoms with Gasteiger partial charge in [0, 0.05) is 12.4 Å². The highest BCUT2D eigenvalue weighted by Crippen LogP contribution is 2.26. The highest BCUT2D eigenvalue weighted by molar-refractivity contribution is 5.83. The van der Waals surface area contributed by atoms with Gasteiger partial charge in [0.15, 0.2) is 5.82 Å². The van der Waals surface area contributed by atoms with E-state index in [0.717, 1.165) is 16.7 Å². The van der Waals surface area contributed by atoms with Gasteiger partial charge in [-0.05, 0) is 52.0 Å². The van der Waals surface area contributed by atoms with E-state index in [4.69, 9.17) is 9.47 Å². The van der Waals surface area contributed by atoms with Crippen molar-refractivity contribution in [3.63, 3.8) is 0 Å². The predicted octanol–water partition coefficient (Wildman–Crippen LogP) is 4.44. The van der Waals surface area contributed by atoms with Crippen molar-refractivity contribution in [1.29, 1.82) is 0 Å². The van der Waals surface area contributed by atoms with Gasteiger partial charge in [-0.3, -0.25) is 10.3 Å². The Morgan fingerprint density at radius 3 is 2.59 bits per heavy atom. The number of anilines is 1. The van der Waals surface area contributed by atoms with Crippen LogP contribution in [0.4, 0.5) is 10.6 Å². The van der Waals surface area contributed by atoms with Gasteiger partial charge in [0.05, 0.1) is 22.4 Å². The first-order chi connectivity index (χ1) is 15.3. The minimum Gasteiger partial charge on any atom is -0.458 e. The molecule has 0 fully saturated rings. The summed E-state index contributed by atoms with van der Waals surface area (Å²) in [4.78, 5) is 29.9. The number of para-hydroxylation sites is 2. The monoisotopic (exact) mass is 432 g/mol. The number of aromatic nitrogens is 5. The number of rotatable bonds is 5. The van der Waals surface area contributed by atoms with E-state index in [2.05, 4.69) is 25.3 Å². The van der Waals surface area contributed by atoms with Crippen molar-refractivity contribution >= 4 is 22.9 Å². The lowest BCUT2D eigenvalue weighted by Crippen LogP contribution is -2.27. The molecular weight excluding hydrogens is 408 g/mol. The van der Waals surface area contributed by atoms with Crippen LogP contribution in [0.15, 0.2) is 54.9 Å². The van der Waals surface area contributed by atoms with Gasteiger partial charge < -0.3 is 9.47 Å². The molecule has 9 nitrogen and oxygen atoms in total. The minimum absolute atomic E-state index is 0.145. The number of fused-ring (bicyclic) bond motifs is 1. The van der Waals surface area contributed by atoms with Crippen LogP contribution in [-0.2, 0) is 11.3 Å². The van der Waals surface area contributed by atoms with Crippen LogP contribution >= 0.6 is 0 Å². The number of benzene rings is 1. The molecule has 1 amide bonds. The van der Waals surface area contributed by atoms with Crippen molar-refractivity contribution in [2.45, 2.75) is 39.9 Å². The topological polar surface area (TPSA) is 104 Å². The van der Waals surface area contributed by atoms with Gasteiger partial charge in [0.1, 0.15) is 18.0 Å². The average molecular weight is 432 g/mol. The summed E-state index contributed by atoms with van der Waals surface area (Å²) < 4.78 is 13.1. The molecule has 0 saturated carbocycles. The molecule has 4 rings (SSSR count). The van der Waals surface area contributed by atoms with E-state index >= 15 is 0 Å². The molecule has 9 heteroatoms. The van der Waals surface area contributed by atoms with Crippen LogP contribution in [0, 0.1) is 6.92 Å². The lowest BCUT2D eigenvalue weighted by molar-refractivity contribution is 0.0635. The van der Waals surface area contributed by atoms with Crippen molar-refractivity contribution in [2.24, 2.45) is 0 Å². The summed E-state index contributed by atoms with van der Waals surface area (Å²) in [6.45, 7) is 7.43. The van der Waals surface area contributed by atoms with Crippen molar-refractivity contribution in [3.8, 4) is 11.8 Å². The molecule has 0 aliphatic rings. The Balaban J connectivity index is 1.57. The predicted molar refractivity (Wildman–Crippen MR) is 120 cm³/mol. The van der Waals surface area contributed by atoms with Crippen LogP contribution < -0.4 is 10.1 Å². The maximum Gasteiger partial charge on any atom is 0.413 e. The van der Waals surface area contributed by atoms with E-state index in [1.165, 1.54) is 0 Å². The number of hydrogen-bond donors (Lipinski definition) is 1. The summed E-state index contributed by atoms with van der Waals surface area (Å²) in [6.07, 6.45) is 2.71. The Hall–Kier alpha value is -4.01. The van der Waals surface area contributed by atoms with Crippen LogP contribution in [-0.4, -0.2) is 36.2 Å². The van der Waals surface area contributed by atoms with Crippen molar-refractivity contribution in [2.75, 3.05) is 5.32 Å². The maximum absolute atomic E-state index is 12.0. The normalized spacial score (nSPS) is 11.4. The Morgan fingerprint density at radius 1 is 1.03 bits per heavy atom. The van der Waals surface area contributed by atoms with Crippen LogP contribution in [0.2, 0.25) is 0 Å². The molecule has 3 heterocycles. The van der Waals surface area contributed by atoms with Crippen LogP contribution in [0.25, 0.3) is 16.9 Å². The highest BCUT2D eigenvalue weighted by Gasteiger charge is 2.18. The number of imidazole rings is 1. The Kier molecular flexibility index (Phi) is 5.72. The minimum atomic E-state index is -0.595. The van der Waals surface area contributed by atoms with Gasteiger partial charge in [-0.15, -0.1) is 0 Å². The smallest absolute Gasteiger partial charge is 0.413 e. The van der Waals surface area contributed by atoms with Crippen molar-refractivity contribution in [3.05, 3.63) is 66.2 Å². The van der Waals surface area contributed by atoms with Crippen LogP contribution in [0.1, 0.15) is 32.2 Å². The van der Waals surface area contributed by atoms with Gasteiger partial charge >= 0.3 is 12.1 Å². The average Bonchev–Trinajstić information content (AvgIpc) is 3.10. The molecule has 0 radical (unpaired) electrons. The summed E-state index contributed by atoms with van der Waals surface area (Å²) in [7, 11) is 0. The number of amides is 1. The lowest BCUT2D eigenvalue weighted by atomic mass is 10.2. The molecular formula is C23H24N6O3. The zero-order valence-electron chi connectivity index (χ0n) is 18.4. The molecule has 0 bridgehead atoms. The molecule has 0 aliphatic heterocycles. The van der Waals surface area contributed by atoms with Gasteiger partial charge in [-0.2, -0.15) is 4.98 Å². The molecule has 3 aromatic heterocycles. The highest BCUT2D eigenvalue weighted by atomic mass is 16.6. The molecule has 164 valence electrons. The number of nitrogens with one attached hydrogen (secondary N) is 1. The fraction of sp³-hybridized carbons (Fsp3) is 0.261.